The number of carbonyl (C=O) groups excluding carboxylic acids is 1. The number of halogens is 1. The molecule has 6 heteroatoms. The van der Waals surface area contributed by atoms with Gasteiger partial charge in [0, 0.05) is 29.8 Å². The lowest BCUT2D eigenvalue weighted by atomic mass is 9.98. The number of nitriles is 1. The fourth-order valence-corrected chi connectivity index (χ4v) is 2.46. The van der Waals surface area contributed by atoms with E-state index >= 15 is 0 Å². The molecule has 0 atom stereocenters. The highest BCUT2D eigenvalue weighted by atomic mass is 79.9. The Labute approximate surface area is 119 Å². The fraction of sp³-hybridized carbons (Fsp3) is 0.462. The molecule has 1 aromatic rings. The summed E-state index contributed by atoms with van der Waals surface area (Å²) in [7, 11) is 0. The maximum atomic E-state index is 11.8. The van der Waals surface area contributed by atoms with E-state index in [-0.39, 0.29) is 11.8 Å². The summed E-state index contributed by atoms with van der Waals surface area (Å²) in [5.41, 5.74) is 0.537. The van der Waals surface area contributed by atoms with Crippen LogP contribution in [-0.2, 0) is 4.79 Å². The zero-order chi connectivity index (χ0) is 13.4. The van der Waals surface area contributed by atoms with Crippen molar-refractivity contribution in [2.24, 2.45) is 5.92 Å². The smallest absolute Gasteiger partial charge is 0.226 e. The predicted molar refractivity (Wildman–Crippen MR) is 73.5 cm³/mol. The lowest BCUT2D eigenvalue weighted by Crippen LogP contribution is -2.54. The quantitative estimate of drug-likeness (QED) is 0.914. The fourth-order valence-electron chi connectivity index (χ4n) is 2.13. The number of amides is 1. The summed E-state index contributed by atoms with van der Waals surface area (Å²) in [6, 6.07) is 4.29. The SMILES string of the molecule is N#Cc1cc(Br)cnc1N1CC(C(=O)NC2CC2)C1. The molecule has 0 radical (unpaired) electrons. The van der Waals surface area contributed by atoms with Gasteiger partial charge in [0.15, 0.2) is 0 Å². The normalized spacial score (nSPS) is 18.6. The van der Waals surface area contributed by atoms with E-state index in [0.717, 1.165) is 17.3 Å². The van der Waals surface area contributed by atoms with Crippen molar-refractivity contribution in [2.45, 2.75) is 18.9 Å². The number of hydrogen-bond donors (Lipinski definition) is 1. The van der Waals surface area contributed by atoms with Gasteiger partial charge in [-0.25, -0.2) is 4.98 Å². The van der Waals surface area contributed by atoms with Crippen LogP contribution in [0.1, 0.15) is 18.4 Å². The topological polar surface area (TPSA) is 69.0 Å². The molecule has 0 aromatic carbocycles. The van der Waals surface area contributed by atoms with Crippen molar-refractivity contribution in [1.29, 1.82) is 5.26 Å². The molecule has 2 fully saturated rings. The van der Waals surface area contributed by atoms with Crippen molar-refractivity contribution in [3.8, 4) is 6.07 Å². The molecule has 1 saturated carbocycles. The van der Waals surface area contributed by atoms with Crippen LogP contribution < -0.4 is 10.2 Å². The van der Waals surface area contributed by atoms with Gasteiger partial charge < -0.3 is 10.2 Å². The maximum absolute atomic E-state index is 11.8. The van der Waals surface area contributed by atoms with Gasteiger partial charge in [0.05, 0.1) is 11.5 Å². The molecule has 0 bridgehead atoms. The Kier molecular flexibility index (Phi) is 3.15. The second-order valence-corrected chi connectivity index (χ2v) is 5.94. The van der Waals surface area contributed by atoms with Gasteiger partial charge in [0.1, 0.15) is 11.9 Å². The minimum absolute atomic E-state index is 0.0255. The molecule has 1 aliphatic carbocycles. The van der Waals surface area contributed by atoms with Gasteiger partial charge in [-0.2, -0.15) is 5.26 Å². The Balaban J connectivity index is 1.63. The van der Waals surface area contributed by atoms with E-state index in [1.54, 1.807) is 12.3 Å². The lowest BCUT2D eigenvalue weighted by Gasteiger charge is -2.39. The Bertz CT molecular complexity index is 558. The summed E-state index contributed by atoms with van der Waals surface area (Å²) in [5, 5.41) is 12.1. The standard InChI is InChI=1S/C13H13BrN4O/c14-10-3-8(4-15)12(16-5-10)18-6-9(7-18)13(19)17-11-1-2-11/h3,5,9,11H,1-2,6-7H2,(H,17,19). The molecule has 2 heterocycles. The third-order valence-corrected chi connectivity index (χ3v) is 3.86. The maximum Gasteiger partial charge on any atom is 0.226 e. The highest BCUT2D eigenvalue weighted by Gasteiger charge is 2.36. The molecule has 1 N–H and O–H groups in total. The highest BCUT2D eigenvalue weighted by Crippen LogP contribution is 2.28. The molecule has 1 aromatic heterocycles. The molecule has 0 spiro atoms. The van der Waals surface area contributed by atoms with Crippen molar-refractivity contribution >= 4 is 27.7 Å². The van der Waals surface area contributed by atoms with E-state index in [1.807, 2.05) is 4.90 Å². The van der Waals surface area contributed by atoms with Crippen LogP contribution in [-0.4, -0.2) is 30.0 Å². The predicted octanol–water partition coefficient (Wildman–Crippen LogP) is 1.43. The summed E-state index contributed by atoms with van der Waals surface area (Å²) in [4.78, 5) is 18.1. The molecule has 98 valence electrons. The Morgan fingerprint density at radius 2 is 2.26 bits per heavy atom. The van der Waals surface area contributed by atoms with Gasteiger partial charge in [-0.15, -0.1) is 0 Å². The summed E-state index contributed by atoms with van der Waals surface area (Å²) < 4.78 is 0.788. The van der Waals surface area contributed by atoms with E-state index in [4.69, 9.17) is 5.26 Å². The molecule has 1 aliphatic heterocycles. The number of pyridine rings is 1. The van der Waals surface area contributed by atoms with Crippen molar-refractivity contribution < 1.29 is 4.79 Å². The third-order valence-electron chi connectivity index (χ3n) is 3.43. The molecular weight excluding hydrogens is 308 g/mol. The zero-order valence-corrected chi connectivity index (χ0v) is 11.9. The average molecular weight is 321 g/mol. The van der Waals surface area contributed by atoms with Gasteiger partial charge >= 0.3 is 0 Å². The van der Waals surface area contributed by atoms with Crippen molar-refractivity contribution in [3.63, 3.8) is 0 Å². The summed E-state index contributed by atoms with van der Waals surface area (Å²) in [6.07, 6.45) is 3.89. The number of anilines is 1. The lowest BCUT2D eigenvalue weighted by molar-refractivity contribution is -0.125. The first kappa shape index (κ1) is 12.4. The summed E-state index contributed by atoms with van der Waals surface area (Å²) in [6.45, 7) is 1.28. The molecule has 0 unspecified atom stereocenters. The first-order valence-electron chi connectivity index (χ1n) is 6.28. The van der Waals surface area contributed by atoms with E-state index < -0.39 is 0 Å². The molecule has 2 aliphatic rings. The van der Waals surface area contributed by atoms with E-state index in [1.165, 1.54) is 0 Å². The van der Waals surface area contributed by atoms with Gasteiger partial charge in [0.25, 0.3) is 0 Å². The Hall–Kier alpha value is -1.61. The van der Waals surface area contributed by atoms with Crippen molar-refractivity contribution in [2.75, 3.05) is 18.0 Å². The largest absolute Gasteiger partial charge is 0.354 e. The summed E-state index contributed by atoms with van der Waals surface area (Å²) >= 11 is 3.30. The molecule has 3 rings (SSSR count). The average Bonchev–Trinajstić information content (AvgIpc) is 3.12. The molecular formula is C13H13BrN4O. The number of rotatable bonds is 3. The molecule has 5 nitrogen and oxygen atoms in total. The van der Waals surface area contributed by atoms with E-state index in [2.05, 4.69) is 32.3 Å². The van der Waals surface area contributed by atoms with Crippen molar-refractivity contribution in [3.05, 3.63) is 22.3 Å². The number of nitrogens with one attached hydrogen (secondary N) is 1. The monoisotopic (exact) mass is 320 g/mol. The third kappa shape index (κ3) is 2.56. The zero-order valence-electron chi connectivity index (χ0n) is 10.3. The van der Waals surface area contributed by atoms with E-state index in [0.29, 0.717) is 30.5 Å². The van der Waals surface area contributed by atoms with Gasteiger partial charge in [-0.3, -0.25) is 4.79 Å². The molecule has 1 amide bonds. The van der Waals surface area contributed by atoms with E-state index in [9.17, 15) is 4.79 Å². The summed E-state index contributed by atoms with van der Waals surface area (Å²) in [5.74, 6) is 0.827. The van der Waals surface area contributed by atoms with Crippen LogP contribution in [0.15, 0.2) is 16.7 Å². The first-order valence-corrected chi connectivity index (χ1v) is 7.07. The first-order chi connectivity index (χ1) is 9.17. The second kappa shape index (κ2) is 4.82. The van der Waals surface area contributed by atoms with Crippen LogP contribution in [0, 0.1) is 17.2 Å². The minimum atomic E-state index is 0.0255. The second-order valence-electron chi connectivity index (χ2n) is 5.02. The van der Waals surface area contributed by atoms with Crippen LogP contribution in [0.3, 0.4) is 0 Å². The number of hydrogen-bond acceptors (Lipinski definition) is 4. The molecule has 19 heavy (non-hydrogen) atoms. The van der Waals surface area contributed by atoms with Crippen LogP contribution >= 0.6 is 15.9 Å². The van der Waals surface area contributed by atoms with Crippen LogP contribution in [0.2, 0.25) is 0 Å². The molecule has 1 saturated heterocycles. The van der Waals surface area contributed by atoms with Crippen LogP contribution in [0.5, 0.6) is 0 Å². The number of carbonyl (C=O) groups is 1. The Morgan fingerprint density at radius 3 is 2.89 bits per heavy atom. The number of nitrogens with zero attached hydrogens (tertiary/aromatic N) is 3. The minimum Gasteiger partial charge on any atom is -0.354 e. The number of aromatic nitrogens is 1. The van der Waals surface area contributed by atoms with Gasteiger partial charge in [-0.1, -0.05) is 0 Å². The van der Waals surface area contributed by atoms with Gasteiger partial charge in [0.2, 0.25) is 5.91 Å². The van der Waals surface area contributed by atoms with Crippen molar-refractivity contribution in [1.82, 2.24) is 10.3 Å². The van der Waals surface area contributed by atoms with Crippen LogP contribution in [0.4, 0.5) is 5.82 Å². The van der Waals surface area contributed by atoms with Crippen LogP contribution in [0.25, 0.3) is 0 Å². The van der Waals surface area contributed by atoms with Gasteiger partial charge in [-0.05, 0) is 34.8 Å². The Morgan fingerprint density at radius 1 is 1.53 bits per heavy atom. The highest BCUT2D eigenvalue weighted by molar-refractivity contribution is 9.10.